The number of nitrogens with zero attached hydrogens (tertiary/aromatic N) is 2. The van der Waals surface area contributed by atoms with Crippen molar-refractivity contribution in [2.45, 2.75) is 25.6 Å². The number of hydrogen-bond donors (Lipinski definition) is 1. The molecule has 0 unspecified atom stereocenters. The number of terminal acetylenes is 1. The monoisotopic (exact) mass is 336 g/mol. The molecule has 0 bridgehead atoms. The lowest BCUT2D eigenvalue weighted by Gasteiger charge is -2.37. The minimum absolute atomic E-state index is 0.256. The van der Waals surface area contributed by atoms with E-state index in [1.165, 1.54) is 0 Å². The number of anilines is 1. The van der Waals surface area contributed by atoms with Crippen LogP contribution in [0, 0.1) is 12.3 Å². The summed E-state index contributed by atoms with van der Waals surface area (Å²) in [7, 11) is 0. The molecule has 1 heterocycles. The summed E-state index contributed by atoms with van der Waals surface area (Å²) in [6.07, 6.45) is 4.85. The van der Waals surface area contributed by atoms with E-state index in [1.54, 1.807) is 0 Å². The summed E-state index contributed by atoms with van der Waals surface area (Å²) in [5, 5.41) is 10.9. The van der Waals surface area contributed by atoms with E-state index in [4.69, 9.17) is 22.8 Å². The first-order valence-electron chi connectivity index (χ1n) is 7.92. The molecule has 0 aliphatic carbocycles. The average Bonchev–Trinajstić information content (AvgIpc) is 2.54. The van der Waals surface area contributed by atoms with Gasteiger partial charge in [-0.05, 0) is 32.0 Å². The normalized spacial score (nSPS) is 17.8. The lowest BCUT2D eigenvalue weighted by molar-refractivity contribution is -0.0376. The minimum Gasteiger partial charge on any atom is -0.389 e. The summed E-state index contributed by atoms with van der Waals surface area (Å²) >= 11 is 6.05. The van der Waals surface area contributed by atoms with E-state index >= 15 is 0 Å². The van der Waals surface area contributed by atoms with Crippen LogP contribution < -0.4 is 4.90 Å². The second-order valence-corrected chi connectivity index (χ2v) is 6.82. The Labute approximate surface area is 144 Å². The van der Waals surface area contributed by atoms with Crippen LogP contribution in [-0.2, 0) is 4.74 Å². The van der Waals surface area contributed by atoms with Gasteiger partial charge in [-0.2, -0.15) is 0 Å². The lowest BCUT2D eigenvalue weighted by Crippen LogP contribution is -2.49. The zero-order chi connectivity index (χ0) is 16.9. The van der Waals surface area contributed by atoms with Gasteiger partial charge in [-0.1, -0.05) is 23.6 Å². The Morgan fingerprint density at radius 3 is 2.65 bits per heavy atom. The van der Waals surface area contributed by atoms with E-state index < -0.39 is 11.7 Å². The molecule has 0 saturated carbocycles. The van der Waals surface area contributed by atoms with Crippen molar-refractivity contribution >= 4 is 17.3 Å². The lowest BCUT2D eigenvalue weighted by atomic mass is 10.1. The summed E-state index contributed by atoms with van der Waals surface area (Å²) in [6, 6.07) is 7.92. The van der Waals surface area contributed by atoms with Crippen LogP contribution in [-0.4, -0.2) is 61.0 Å². The van der Waals surface area contributed by atoms with Gasteiger partial charge in [0.15, 0.2) is 0 Å². The van der Waals surface area contributed by atoms with Crippen molar-refractivity contribution in [1.82, 2.24) is 4.90 Å². The maximum Gasteiger partial charge on any atom is 0.122 e. The summed E-state index contributed by atoms with van der Waals surface area (Å²) in [5.74, 6) is 2.56. The van der Waals surface area contributed by atoms with Crippen molar-refractivity contribution in [2.24, 2.45) is 0 Å². The predicted octanol–water partition coefficient (Wildman–Crippen LogP) is 2.25. The van der Waals surface area contributed by atoms with Gasteiger partial charge in [0.2, 0.25) is 0 Å². The number of benzene rings is 1. The van der Waals surface area contributed by atoms with E-state index in [2.05, 4.69) is 21.8 Å². The second-order valence-electron chi connectivity index (χ2n) is 6.39. The molecule has 0 spiro atoms. The third kappa shape index (κ3) is 5.71. The Balaban J connectivity index is 1.75. The first kappa shape index (κ1) is 18.1. The highest BCUT2D eigenvalue weighted by Crippen LogP contribution is 2.20. The van der Waals surface area contributed by atoms with Crippen LogP contribution in [0.25, 0.3) is 0 Å². The van der Waals surface area contributed by atoms with Crippen LogP contribution in [0.4, 0.5) is 5.69 Å². The van der Waals surface area contributed by atoms with Gasteiger partial charge in [0, 0.05) is 43.4 Å². The zero-order valence-electron chi connectivity index (χ0n) is 13.8. The van der Waals surface area contributed by atoms with Gasteiger partial charge in [-0.3, -0.25) is 4.90 Å². The highest BCUT2D eigenvalue weighted by atomic mass is 35.5. The molecule has 1 aliphatic rings. The van der Waals surface area contributed by atoms with Crippen LogP contribution >= 0.6 is 11.6 Å². The minimum atomic E-state index is -0.633. The maximum absolute atomic E-state index is 10.1. The van der Waals surface area contributed by atoms with Crippen molar-refractivity contribution < 1.29 is 9.84 Å². The van der Waals surface area contributed by atoms with Crippen LogP contribution in [0.2, 0.25) is 5.02 Å². The fourth-order valence-corrected chi connectivity index (χ4v) is 2.74. The number of halogens is 1. The summed E-state index contributed by atoms with van der Waals surface area (Å²) < 4.78 is 5.55. The van der Waals surface area contributed by atoms with Crippen molar-refractivity contribution in [3.8, 4) is 12.3 Å². The van der Waals surface area contributed by atoms with E-state index in [-0.39, 0.29) is 6.61 Å². The SMILES string of the molecule is C#CC(C)(C)OC[C@@H](O)CN1CCN(c2cccc(Cl)c2)CC1. The fourth-order valence-electron chi connectivity index (χ4n) is 2.56. The summed E-state index contributed by atoms with van der Waals surface area (Å²) in [6.45, 7) is 8.15. The van der Waals surface area contributed by atoms with Crippen molar-refractivity contribution in [3.05, 3.63) is 29.3 Å². The molecule has 5 heteroatoms. The molecule has 1 atom stereocenters. The highest BCUT2D eigenvalue weighted by molar-refractivity contribution is 6.30. The highest BCUT2D eigenvalue weighted by Gasteiger charge is 2.21. The first-order chi connectivity index (χ1) is 10.9. The molecule has 1 fully saturated rings. The number of piperazine rings is 1. The van der Waals surface area contributed by atoms with E-state index in [0.29, 0.717) is 6.54 Å². The van der Waals surface area contributed by atoms with Crippen LogP contribution in [0.1, 0.15) is 13.8 Å². The molecule has 4 nitrogen and oxygen atoms in total. The molecule has 1 aromatic carbocycles. The molecule has 1 aromatic rings. The fraction of sp³-hybridized carbons (Fsp3) is 0.556. The van der Waals surface area contributed by atoms with Crippen LogP contribution in [0.3, 0.4) is 0 Å². The third-order valence-corrected chi connectivity index (χ3v) is 4.23. The van der Waals surface area contributed by atoms with Gasteiger partial charge in [0.05, 0.1) is 12.7 Å². The topological polar surface area (TPSA) is 35.9 Å². The Hall–Kier alpha value is -1.25. The maximum atomic E-state index is 10.1. The summed E-state index contributed by atoms with van der Waals surface area (Å²) in [4.78, 5) is 4.56. The Bertz CT molecular complexity index is 548. The standard InChI is InChI=1S/C18H25ClN2O2/c1-4-18(2,3)23-14-17(22)13-20-8-10-21(11-9-20)16-7-5-6-15(19)12-16/h1,5-7,12,17,22H,8-11,13-14H2,2-3H3/t17-/m0/s1. The Morgan fingerprint density at radius 2 is 2.04 bits per heavy atom. The molecule has 23 heavy (non-hydrogen) atoms. The smallest absolute Gasteiger partial charge is 0.122 e. The van der Waals surface area contributed by atoms with E-state index in [0.717, 1.165) is 36.9 Å². The van der Waals surface area contributed by atoms with Gasteiger partial charge in [-0.25, -0.2) is 0 Å². The molecule has 0 aromatic heterocycles. The Morgan fingerprint density at radius 1 is 1.35 bits per heavy atom. The molecule has 2 rings (SSSR count). The largest absolute Gasteiger partial charge is 0.389 e. The summed E-state index contributed by atoms with van der Waals surface area (Å²) in [5.41, 5.74) is 0.517. The number of hydrogen-bond acceptors (Lipinski definition) is 4. The van der Waals surface area contributed by atoms with Crippen LogP contribution in [0.15, 0.2) is 24.3 Å². The number of ether oxygens (including phenoxy) is 1. The van der Waals surface area contributed by atoms with Gasteiger partial charge in [0.25, 0.3) is 0 Å². The molecule has 1 aliphatic heterocycles. The van der Waals surface area contributed by atoms with Crippen molar-refractivity contribution in [2.75, 3.05) is 44.2 Å². The first-order valence-corrected chi connectivity index (χ1v) is 8.30. The Kier molecular flexibility index (Phi) is 6.32. The van der Waals surface area contributed by atoms with Gasteiger partial charge >= 0.3 is 0 Å². The quantitative estimate of drug-likeness (QED) is 0.808. The molecule has 126 valence electrons. The number of aliphatic hydroxyl groups excluding tert-OH is 1. The number of rotatable bonds is 6. The van der Waals surface area contributed by atoms with Gasteiger partial charge in [-0.15, -0.1) is 6.42 Å². The molecule has 1 N–H and O–H groups in total. The number of aliphatic hydroxyl groups is 1. The average molecular weight is 337 g/mol. The zero-order valence-corrected chi connectivity index (χ0v) is 14.6. The molecular formula is C18H25ClN2O2. The molecular weight excluding hydrogens is 312 g/mol. The van der Waals surface area contributed by atoms with Crippen molar-refractivity contribution in [3.63, 3.8) is 0 Å². The van der Waals surface area contributed by atoms with Gasteiger partial charge < -0.3 is 14.7 Å². The van der Waals surface area contributed by atoms with E-state index in [1.807, 2.05) is 32.0 Å². The molecule has 1 saturated heterocycles. The predicted molar refractivity (Wildman–Crippen MR) is 95.0 cm³/mol. The van der Waals surface area contributed by atoms with E-state index in [9.17, 15) is 5.11 Å². The van der Waals surface area contributed by atoms with Crippen molar-refractivity contribution in [1.29, 1.82) is 0 Å². The van der Waals surface area contributed by atoms with Crippen LogP contribution in [0.5, 0.6) is 0 Å². The molecule has 0 radical (unpaired) electrons. The second kappa shape index (κ2) is 8.03. The molecule has 0 amide bonds. The van der Waals surface area contributed by atoms with Gasteiger partial charge in [0.1, 0.15) is 5.60 Å². The third-order valence-electron chi connectivity index (χ3n) is 4.00. The number of β-amino-alcohol motifs (C(OH)–C–C–N with tert-alkyl or cyclic N) is 1.